The van der Waals surface area contributed by atoms with Gasteiger partial charge in [0, 0.05) is 0 Å². The van der Waals surface area contributed by atoms with E-state index in [1.54, 1.807) is 12.2 Å². The molecule has 0 atom stereocenters. The minimum Gasteiger partial charge on any atom is -0.385 e. The van der Waals surface area contributed by atoms with Crippen molar-refractivity contribution in [2.45, 2.75) is 31.8 Å². The Kier molecular flexibility index (Phi) is 5.39. The molecule has 1 N–H and O–H groups in total. The van der Waals surface area contributed by atoms with Crippen LogP contribution in [0.2, 0.25) is 0 Å². The number of aliphatic hydroxyl groups is 1. The predicted molar refractivity (Wildman–Crippen MR) is 54.0 cm³/mol. The van der Waals surface area contributed by atoms with Crippen LogP contribution in [0.1, 0.15) is 26.2 Å². The molecule has 68 valence electrons. The number of rotatable bonds is 6. The molecule has 0 amide bonds. The summed E-state index contributed by atoms with van der Waals surface area (Å²) >= 11 is 0. The highest BCUT2D eigenvalue weighted by Gasteiger charge is 2.18. The quantitative estimate of drug-likeness (QED) is 0.601. The zero-order chi connectivity index (χ0) is 9.45. The molecular weight excluding hydrogens is 148 g/mol. The molecule has 0 bridgehead atoms. The Morgan fingerprint density at radius 1 is 1.25 bits per heavy atom. The van der Waals surface area contributed by atoms with Crippen molar-refractivity contribution in [2.75, 3.05) is 0 Å². The SMILES string of the molecule is C=CCC(O)(/C=C/CC)CC=C. The Hall–Kier alpha value is -0.820. The first-order valence-corrected chi connectivity index (χ1v) is 4.30. The van der Waals surface area contributed by atoms with Gasteiger partial charge in [-0.2, -0.15) is 0 Å². The van der Waals surface area contributed by atoms with E-state index in [1.165, 1.54) is 0 Å². The monoisotopic (exact) mass is 166 g/mol. The van der Waals surface area contributed by atoms with Crippen LogP contribution in [0.3, 0.4) is 0 Å². The molecule has 0 aliphatic carbocycles. The van der Waals surface area contributed by atoms with E-state index >= 15 is 0 Å². The highest BCUT2D eigenvalue weighted by atomic mass is 16.3. The Morgan fingerprint density at radius 2 is 1.75 bits per heavy atom. The second-order valence-electron chi connectivity index (χ2n) is 2.90. The van der Waals surface area contributed by atoms with Gasteiger partial charge in [0.25, 0.3) is 0 Å². The second kappa shape index (κ2) is 5.78. The zero-order valence-corrected chi connectivity index (χ0v) is 7.79. The Bertz CT molecular complexity index is 158. The van der Waals surface area contributed by atoms with Gasteiger partial charge in [0.05, 0.1) is 5.60 Å². The summed E-state index contributed by atoms with van der Waals surface area (Å²) in [4.78, 5) is 0. The maximum atomic E-state index is 9.91. The maximum Gasteiger partial charge on any atom is 0.0895 e. The van der Waals surface area contributed by atoms with E-state index in [-0.39, 0.29) is 0 Å². The van der Waals surface area contributed by atoms with Gasteiger partial charge in [0.1, 0.15) is 0 Å². The Balaban J connectivity index is 4.25. The third kappa shape index (κ3) is 4.14. The van der Waals surface area contributed by atoms with Crippen molar-refractivity contribution < 1.29 is 5.11 Å². The molecule has 0 saturated heterocycles. The van der Waals surface area contributed by atoms with Gasteiger partial charge in [-0.25, -0.2) is 0 Å². The molecule has 12 heavy (non-hydrogen) atoms. The lowest BCUT2D eigenvalue weighted by atomic mass is 9.95. The normalized spacial score (nSPS) is 11.8. The summed E-state index contributed by atoms with van der Waals surface area (Å²) in [5, 5.41) is 9.91. The van der Waals surface area contributed by atoms with Crippen LogP contribution >= 0.6 is 0 Å². The van der Waals surface area contributed by atoms with Gasteiger partial charge in [-0.3, -0.25) is 0 Å². The topological polar surface area (TPSA) is 20.2 Å². The summed E-state index contributed by atoms with van der Waals surface area (Å²) in [6.45, 7) is 9.26. The fourth-order valence-corrected chi connectivity index (χ4v) is 1.06. The largest absolute Gasteiger partial charge is 0.385 e. The molecule has 0 rings (SSSR count). The van der Waals surface area contributed by atoms with Crippen LogP contribution in [0, 0.1) is 0 Å². The fourth-order valence-electron chi connectivity index (χ4n) is 1.06. The molecule has 0 aliphatic rings. The van der Waals surface area contributed by atoms with Gasteiger partial charge in [0.15, 0.2) is 0 Å². The minimum absolute atomic E-state index is 0.579. The lowest BCUT2D eigenvalue weighted by Gasteiger charge is -2.20. The average Bonchev–Trinajstić information content (AvgIpc) is 2.02. The summed E-state index contributed by atoms with van der Waals surface area (Å²) in [6, 6.07) is 0. The number of hydrogen-bond acceptors (Lipinski definition) is 1. The number of hydrogen-bond donors (Lipinski definition) is 1. The molecule has 0 spiro atoms. The van der Waals surface area contributed by atoms with Crippen LogP contribution in [-0.2, 0) is 0 Å². The predicted octanol–water partition coefficient (Wildman–Crippen LogP) is 2.84. The van der Waals surface area contributed by atoms with Crippen molar-refractivity contribution in [2.24, 2.45) is 0 Å². The first-order chi connectivity index (χ1) is 5.68. The van der Waals surface area contributed by atoms with Crippen LogP contribution in [0.4, 0.5) is 0 Å². The smallest absolute Gasteiger partial charge is 0.0895 e. The van der Waals surface area contributed by atoms with Crippen molar-refractivity contribution in [1.29, 1.82) is 0 Å². The highest BCUT2D eigenvalue weighted by molar-refractivity contribution is 5.06. The first kappa shape index (κ1) is 11.2. The van der Waals surface area contributed by atoms with E-state index in [1.807, 2.05) is 19.1 Å². The van der Waals surface area contributed by atoms with E-state index < -0.39 is 5.60 Å². The minimum atomic E-state index is -0.764. The Morgan fingerprint density at radius 3 is 2.08 bits per heavy atom. The third-order valence-electron chi connectivity index (χ3n) is 1.66. The third-order valence-corrected chi connectivity index (χ3v) is 1.66. The summed E-state index contributed by atoms with van der Waals surface area (Å²) in [5.41, 5.74) is -0.764. The van der Waals surface area contributed by atoms with E-state index in [2.05, 4.69) is 13.2 Å². The second-order valence-corrected chi connectivity index (χ2v) is 2.90. The van der Waals surface area contributed by atoms with Crippen molar-refractivity contribution in [1.82, 2.24) is 0 Å². The summed E-state index contributed by atoms with van der Waals surface area (Å²) < 4.78 is 0. The van der Waals surface area contributed by atoms with Crippen LogP contribution in [0.15, 0.2) is 37.5 Å². The molecule has 0 aromatic carbocycles. The summed E-state index contributed by atoms with van der Waals surface area (Å²) in [7, 11) is 0. The van der Waals surface area contributed by atoms with Crippen LogP contribution in [-0.4, -0.2) is 10.7 Å². The van der Waals surface area contributed by atoms with Crippen LogP contribution in [0.25, 0.3) is 0 Å². The summed E-state index contributed by atoms with van der Waals surface area (Å²) in [5.74, 6) is 0. The highest BCUT2D eigenvalue weighted by Crippen LogP contribution is 2.18. The molecule has 0 saturated carbocycles. The summed E-state index contributed by atoms with van der Waals surface area (Å²) in [6.07, 6.45) is 9.35. The lowest BCUT2D eigenvalue weighted by Crippen LogP contribution is -2.23. The van der Waals surface area contributed by atoms with Crippen molar-refractivity contribution in [3.8, 4) is 0 Å². The van der Waals surface area contributed by atoms with Gasteiger partial charge < -0.3 is 5.11 Å². The van der Waals surface area contributed by atoms with Gasteiger partial charge in [-0.1, -0.05) is 31.2 Å². The average molecular weight is 166 g/mol. The van der Waals surface area contributed by atoms with E-state index in [0.29, 0.717) is 12.8 Å². The molecule has 0 radical (unpaired) electrons. The molecular formula is C11H18O. The molecule has 0 aliphatic heterocycles. The molecule has 0 heterocycles. The van der Waals surface area contributed by atoms with Crippen molar-refractivity contribution >= 4 is 0 Å². The molecule has 0 aromatic heterocycles. The van der Waals surface area contributed by atoms with Gasteiger partial charge >= 0.3 is 0 Å². The van der Waals surface area contributed by atoms with E-state index in [0.717, 1.165) is 6.42 Å². The van der Waals surface area contributed by atoms with Crippen LogP contribution < -0.4 is 0 Å². The zero-order valence-electron chi connectivity index (χ0n) is 7.79. The first-order valence-electron chi connectivity index (χ1n) is 4.30. The molecule has 0 aromatic rings. The van der Waals surface area contributed by atoms with E-state index in [4.69, 9.17) is 0 Å². The van der Waals surface area contributed by atoms with Crippen LogP contribution in [0.5, 0.6) is 0 Å². The lowest BCUT2D eigenvalue weighted by molar-refractivity contribution is 0.0974. The van der Waals surface area contributed by atoms with Gasteiger partial charge in [-0.15, -0.1) is 13.2 Å². The molecule has 0 fully saturated rings. The molecule has 1 heteroatoms. The fraction of sp³-hybridized carbons (Fsp3) is 0.455. The molecule has 0 unspecified atom stereocenters. The number of allylic oxidation sites excluding steroid dienone is 1. The Labute approximate surface area is 75.1 Å². The van der Waals surface area contributed by atoms with Crippen molar-refractivity contribution in [3.05, 3.63) is 37.5 Å². The maximum absolute atomic E-state index is 9.91. The standard InChI is InChI=1S/C11H18O/c1-4-7-10-11(12,8-5-2)9-6-3/h5-7,10,12H,2-4,8-9H2,1H3/b10-7+. The van der Waals surface area contributed by atoms with Gasteiger partial charge in [0.2, 0.25) is 0 Å². The molecule has 1 nitrogen and oxygen atoms in total. The van der Waals surface area contributed by atoms with E-state index in [9.17, 15) is 5.11 Å². The van der Waals surface area contributed by atoms with Crippen molar-refractivity contribution in [3.63, 3.8) is 0 Å². The van der Waals surface area contributed by atoms with Gasteiger partial charge in [-0.05, 0) is 19.3 Å².